The zero-order valence-corrected chi connectivity index (χ0v) is 17.5. The smallest absolute Gasteiger partial charge is 0.234 e. The minimum Gasteiger partial charge on any atom is -0.355 e. The molecule has 0 unspecified atom stereocenters. The van der Waals surface area contributed by atoms with E-state index in [-0.39, 0.29) is 11.7 Å². The molecular formula is C18H25FN6OS2. The van der Waals surface area contributed by atoms with Crippen molar-refractivity contribution in [2.45, 2.75) is 20.0 Å². The first-order chi connectivity index (χ1) is 13.5. The van der Waals surface area contributed by atoms with E-state index < -0.39 is 0 Å². The Hall–Kier alpha value is -1.88. The number of nitrogens with zero attached hydrogens (tertiary/aromatic N) is 4. The summed E-state index contributed by atoms with van der Waals surface area (Å²) in [6.07, 6.45) is 0.950. The van der Waals surface area contributed by atoms with Gasteiger partial charge in [-0.3, -0.25) is 14.6 Å². The van der Waals surface area contributed by atoms with Crippen molar-refractivity contribution in [3.8, 4) is 0 Å². The third kappa shape index (κ3) is 6.06. The molecule has 0 aliphatic carbocycles. The zero-order chi connectivity index (χ0) is 19.9. The normalized spacial score (nSPS) is 15.5. The van der Waals surface area contributed by atoms with E-state index in [1.807, 2.05) is 6.92 Å². The molecule has 1 aliphatic rings. The minimum absolute atomic E-state index is 0.0912. The van der Waals surface area contributed by atoms with Crippen molar-refractivity contribution in [3.63, 3.8) is 0 Å². The van der Waals surface area contributed by atoms with Crippen LogP contribution < -0.4 is 10.6 Å². The Morgan fingerprint density at radius 2 is 1.89 bits per heavy atom. The van der Waals surface area contributed by atoms with Gasteiger partial charge in [0.1, 0.15) is 5.82 Å². The number of carbonyl (C=O) groups is 1. The average molecular weight is 425 g/mol. The van der Waals surface area contributed by atoms with Crippen molar-refractivity contribution in [3.05, 3.63) is 34.0 Å². The van der Waals surface area contributed by atoms with Crippen LogP contribution in [0.2, 0.25) is 0 Å². The maximum absolute atomic E-state index is 13.0. The van der Waals surface area contributed by atoms with Gasteiger partial charge in [-0.2, -0.15) is 0 Å². The standard InChI is InChI=1S/C18H25FN6OS2/c1-2-7-20-16(26)12-23-8-10-24(11-9-23)13-25-18(27)28-17(22-25)21-15-5-3-14(19)4-6-15/h3-6H,2,7-13H2,1H3,(H,20,26)(H,21,22). The molecule has 2 N–H and O–H groups in total. The van der Waals surface area contributed by atoms with Crippen LogP contribution in [0.5, 0.6) is 0 Å². The van der Waals surface area contributed by atoms with Crippen molar-refractivity contribution in [1.82, 2.24) is 24.9 Å². The average Bonchev–Trinajstić information content (AvgIpc) is 3.02. The van der Waals surface area contributed by atoms with Gasteiger partial charge < -0.3 is 10.6 Å². The van der Waals surface area contributed by atoms with Crippen molar-refractivity contribution in [2.75, 3.05) is 44.6 Å². The minimum atomic E-state index is -0.273. The summed E-state index contributed by atoms with van der Waals surface area (Å²) >= 11 is 6.82. The highest BCUT2D eigenvalue weighted by atomic mass is 32.1. The highest BCUT2D eigenvalue weighted by Gasteiger charge is 2.19. The molecule has 1 saturated heterocycles. The van der Waals surface area contributed by atoms with Gasteiger partial charge in [0.05, 0.1) is 13.2 Å². The molecule has 7 nitrogen and oxygen atoms in total. The molecule has 1 fully saturated rings. The second-order valence-corrected chi connectivity index (χ2v) is 8.31. The summed E-state index contributed by atoms with van der Waals surface area (Å²) < 4.78 is 15.5. The fourth-order valence-corrected chi connectivity index (χ4v) is 3.92. The molecule has 152 valence electrons. The summed E-state index contributed by atoms with van der Waals surface area (Å²) in [6, 6.07) is 6.14. The van der Waals surface area contributed by atoms with Crippen LogP contribution in [0.4, 0.5) is 15.2 Å². The summed E-state index contributed by atoms with van der Waals surface area (Å²) in [4.78, 5) is 16.3. The van der Waals surface area contributed by atoms with Crippen LogP contribution in [0.3, 0.4) is 0 Å². The number of hydrogen-bond donors (Lipinski definition) is 2. The van der Waals surface area contributed by atoms with E-state index in [9.17, 15) is 9.18 Å². The SMILES string of the molecule is CCCNC(=O)CN1CCN(Cn2nc(Nc3ccc(F)cc3)sc2=S)CC1. The number of hydrogen-bond acceptors (Lipinski definition) is 7. The van der Waals surface area contributed by atoms with Crippen molar-refractivity contribution in [1.29, 1.82) is 0 Å². The van der Waals surface area contributed by atoms with Gasteiger partial charge in [-0.15, -0.1) is 5.10 Å². The van der Waals surface area contributed by atoms with Gasteiger partial charge in [0.15, 0.2) is 3.95 Å². The number of carbonyl (C=O) groups excluding carboxylic acids is 1. The zero-order valence-electron chi connectivity index (χ0n) is 15.9. The van der Waals surface area contributed by atoms with E-state index >= 15 is 0 Å². The van der Waals surface area contributed by atoms with Gasteiger partial charge in [0, 0.05) is 38.4 Å². The first-order valence-electron chi connectivity index (χ1n) is 9.35. The molecule has 2 heterocycles. The van der Waals surface area contributed by atoms with Gasteiger partial charge in [-0.1, -0.05) is 18.3 Å². The third-order valence-electron chi connectivity index (χ3n) is 4.44. The maximum atomic E-state index is 13.0. The molecule has 0 radical (unpaired) electrons. The Morgan fingerprint density at radius 1 is 1.21 bits per heavy atom. The number of halogens is 1. The lowest BCUT2D eigenvalue weighted by Crippen LogP contribution is -2.49. The van der Waals surface area contributed by atoms with E-state index in [0.717, 1.165) is 44.8 Å². The molecule has 1 aromatic carbocycles. The second kappa shape index (κ2) is 10.1. The Kier molecular flexibility index (Phi) is 7.49. The van der Waals surface area contributed by atoms with Gasteiger partial charge in [0.25, 0.3) is 0 Å². The number of piperazine rings is 1. The van der Waals surface area contributed by atoms with Crippen molar-refractivity contribution < 1.29 is 9.18 Å². The quantitative estimate of drug-likeness (QED) is 0.635. The lowest BCUT2D eigenvalue weighted by molar-refractivity contribution is -0.122. The van der Waals surface area contributed by atoms with E-state index in [1.165, 1.54) is 23.5 Å². The molecule has 10 heteroatoms. The van der Waals surface area contributed by atoms with Crippen LogP contribution in [0.1, 0.15) is 13.3 Å². The number of amides is 1. The molecule has 0 atom stereocenters. The van der Waals surface area contributed by atoms with Crippen LogP contribution in [-0.4, -0.2) is 64.8 Å². The number of anilines is 2. The molecule has 0 bridgehead atoms. The van der Waals surface area contributed by atoms with E-state index in [4.69, 9.17) is 12.2 Å². The van der Waals surface area contributed by atoms with Gasteiger partial charge >= 0.3 is 0 Å². The fraction of sp³-hybridized carbons (Fsp3) is 0.500. The lowest BCUT2D eigenvalue weighted by atomic mass is 10.3. The molecule has 1 aliphatic heterocycles. The summed E-state index contributed by atoms with van der Waals surface area (Å²) in [6.45, 7) is 7.27. The Bertz CT molecular complexity index is 829. The molecule has 1 amide bonds. The number of rotatable bonds is 8. The topological polar surface area (TPSA) is 65.4 Å². The van der Waals surface area contributed by atoms with Crippen LogP contribution in [0, 0.1) is 9.77 Å². The predicted molar refractivity (Wildman–Crippen MR) is 112 cm³/mol. The van der Waals surface area contributed by atoms with E-state index in [2.05, 4.69) is 25.5 Å². The number of aromatic nitrogens is 2. The van der Waals surface area contributed by atoms with Crippen molar-refractivity contribution in [2.24, 2.45) is 0 Å². The van der Waals surface area contributed by atoms with Crippen LogP contribution in [0.25, 0.3) is 0 Å². The van der Waals surface area contributed by atoms with Crippen LogP contribution in [0.15, 0.2) is 24.3 Å². The number of benzene rings is 1. The Morgan fingerprint density at radius 3 is 2.57 bits per heavy atom. The van der Waals surface area contributed by atoms with Gasteiger partial charge in [-0.25, -0.2) is 9.07 Å². The van der Waals surface area contributed by atoms with Crippen molar-refractivity contribution >= 4 is 40.3 Å². The largest absolute Gasteiger partial charge is 0.355 e. The lowest BCUT2D eigenvalue weighted by Gasteiger charge is -2.33. The molecule has 28 heavy (non-hydrogen) atoms. The molecule has 0 saturated carbocycles. The van der Waals surface area contributed by atoms with E-state index in [0.29, 0.717) is 22.3 Å². The molecule has 1 aromatic heterocycles. The molecule has 2 aromatic rings. The molecule has 3 rings (SSSR count). The highest BCUT2D eigenvalue weighted by Crippen LogP contribution is 2.21. The molecular weight excluding hydrogens is 399 g/mol. The second-order valence-electron chi connectivity index (χ2n) is 6.69. The van der Waals surface area contributed by atoms with Gasteiger partial charge in [-0.05, 0) is 42.9 Å². The molecule has 0 spiro atoms. The summed E-state index contributed by atoms with van der Waals surface area (Å²) in [5, 5.41) is 11.3. The summed E-state index contributed by atoms with van der Waals surface area (Å²) in [5.41, 5.74) is 0.771. The number of nitrogens with one attached hydrogen (secondary N) is 2. The predicted octanol–water partition coefficient (Wildman–Crippen LogP) is 2.66. The fourth-order valence-electron chi connectivity index (χ4n) is 2.90. The van der Waals surface area contributed by atoms with Crippen LogP contribution in [-0.2, 0) is 11.5 Å². The van der Waals surface area contributed by atoms with Gasteiger partial charge in [0.2, 0.25) is 11.0 Å². The van der Waals surface area contributed by atoms with E-state index in [1.54, 1.807) is 16.8 Å². The monoisotopic (exact) mass is 424 g/mol. The third-order valence-corrected chi connectivity index (χ3v) is 5.66. The first-order valence-corrected chi connectivity index (χ1v) is 10.6. The Balaban J connectivity index is 1.48. The Labute approximate surface area is 173 Å². The summed E-state index contributed by atoms with van der Waals surface area (Å²) in [7, 11) is 0. The highest BCUT2D eigenvalue weighted by molar-refractivity contribution is 7.73. The maximum Gasteiger partial charge on any atom is 0.234 e. The summed E-state index contributed by atoms with van der Waals surface area (Å²) in [5.74, 6) is -0.181. The van der Waals surface area contributed by atoms with Crippen LogP contribution >= 0.6 is 23.6 Å². The first kappa shape index (κ1) is 20.8.